The van der Waals surface area contributed by atoms with E-state index in [0.29, 0.717) is 5.41 Å². The van der Waals surface area contributed by atoms with Gasteiger partial charge in [0.2, 0.25) is 6.41 Å². The third kappa shape index (κ3) is 4.70. The highest BCUT2D eigenvalue weighted by atomic mass is 19.4. The lowest BCUT2D eigenvalue weighted by Crippen LogP contribution is -2.38. The van der Waals surface area contributed by atoms with Crippen molar-refractivity contribution in [2.45, 2.75) is 25.4 Å². The van der Waals surface area contributed by atoms with Crippen LogP contribution in [0, 0.1) is 5.41 Å². The lowest BCUT2D eigenvalue weighted by atomic mass is 9.78. The molecule has 0 atom stereocenters. The zero-order valence-electron chi connectivity index (χ0n) is 10.4. The fourth-order valence-corrected chi connectivity index (χ4v) is 2.42. The summed E-state index contributed by atoms with van der Waals surface area (Å²) < 4.78 is 31.7. The SMILES string of the molecule is O=C(O)C(F)(F)F.O=CN1CCC2(CCNCC2)C1. The van der Waals surface area contributed by atoms with Gasteiger partial charge in [-0.1, -0.05) is 0 Å². The number of alkyl halides is 3. The molecular formula is C11H17F3N2O3. The highest BCUT2D eigenvalue weighted by Gasteiger charge is 2.38. The van der Waals surface area contributed by atoms with Crippen molar-refractivity contribution in [3.05, 3.63) is 0 Å². The van der Waals surface area contributed by atoms with Crippen molar-refractivity contribution in [1.82, 2.24) is 10.2 Å². The molecule has 1 amide bonds. The Hall–Kier alpha value is -1.31. The maximum absolute atomic E-state index is 10.6. The average Bonchev–Trinajstić information content (AvgIpc) is 2.73. The summed E-state index contributed by atoms with van der Waals surface area (Å²) in [6.07, 6.45) is -0.376. The molecular weight excluding hydrogens is 265 g/mol. The number of hydrogen-bond donors (Lipinski definition) is 2. The van der Waals surface area contributed by atoms with Crippen molar-refractivity contribution >= 4 is 12.4 Å². The van der Waals surface area contributed by atoms with Gasteiger partial charge in [-0.25, -0.2) is 4.79 Å². The van der Waals surface area contributed by atoms with Gasteiger partial charge in [-0.05, 0) is 37.8 Å². The van der Waals surface area contributed by atoms with Crippen molar-refractivity contribution in [1.29, 1.82) is 0 Å². The predicted molar refractivity (Wildman–Crippen MR) is 60.5 cm³/mol. The van der Waals surface area contributed by atoms with E-state index in [2.05, 4.69) is 5.32 Å². The summed E-state index contributed by atoms with van der Waals surface area (Å²) in [5.41, 5.74) is 0.478. The molecule has 0 unspecified atom stereocenters. The van der Waals surface area contributed by atoms with Crippen LogP contribution >= 0.6 is 0 Å². The summed E-state index contributed by atoms with van der Waals surface area (Å²) in [4.78, 5) is 21.4. The highest BCUT2D eigenvalue weighted by molar-refractivity contribution is 5.73. The van der Waals surface area contributed by atoms with Crippen LogP contribution in [0.1, 0.15) is 19.3 Å². The topological polar surface area (TPSA) is 69.6 Å². The van der Waals surface area contributed by atoms with Gasteiger partial charge in [-0.15, -0.1) is 0 Å². The Bertz CT molecular complexity index is 328. The molecule has 5 nitrogen and oxygen atoms in total. The zero-order chi connectivity index (χ0) is 14.5. The normalized spacial score (nSPS) is 21.7. The number of piperidine rings is 1. The summed E-state index contributed by atoms with van der Waals surface area (Å²) in [5, 5.41) is 10.5. The first-order valence-electron chi connectivity index (χ1n) is 5.99. The lowest BCUT2D eigenvalue weighted by molar-refractivity contribution is -0.192. The summed E-state index contributed by atoms with van der Waals surface area (Å²) >= 11 is 0. The Labute approximate surface area is 108 Å². The van der Waals surface area contributed by atoms with Crippen molar-refractivity contribution in [2.75, 3.05) is 26.2 Å². The van der Waals surface area contributed by atoms with Crippen molar-refractivity contribution < 1.29 is 27.9 Å². The van der Waals surface area contributed by atoms with Crippen LogP contribution in [0.25, 0.3) is 0 Å². The maximum Gasteiger partial charge on any atom is 0.490 e. The molecule has 110 valence electrons. The highest BCUT2D eigenvalue weighted by Crippen LogP contribution is 2.37. The second-order valence-corrected chi connectivity index (χ2v) is 4.88. The van der Waals surface area contributed by atoms with Gasteiger partial charge in [0.05, 0.1) is 0 Å². The van der Waals surface area contributed by atoms with Crippen LogP contribution in [-0.4, -0.2) is 54.7 Å². The van der Waals surface area contributed by atoms with Gasteiger partial charge in [-0.3, -0.25) is 4.79 Å². The van der Waals surface area contributed by atoms with E-state index in [9.17, 15) is 18.0 Å². The van der Waals surface area contributed by atoms with Gasteiger partial charge in [0.25, 0.3) is 0 Å². The summed E-state index contributed by atoms with van der Waals surface area (Å²) in [5.74, 6) is -2.76. The van der Waals surface area contributed by atoms with Crippen LogP contribution in [-0.2, 0) is 9.59 Å². The Morgan fingerprint density at radius 2 is 1.79 bits per heavy atom. The number of rotatable bonds is 1. The van der Waals surface area contributed by atoms with Crippen LogP contribution in [0.3, 0.4) is 0 Å². The number of carboxylic acid groups (broad SMARTS) is 1. The molecule has 8 heteroatoms. The minimum atomic E-state index is -5.08. The average molecular weight is 282 g/mol. The number of amides is 1. The maximum atomic E-state index is 10.6. The zero-order valence-corrected chi connectivity index (χ0v) is 10.4. The molecule has 0 aliphatic carbocycles. The van der Waals surface area contributed by atoms with E-state index in [1.54, 1.807) is 0 Å². The van der Waals surface area contributed by atoms with Gasteiger partial charge in [0.1, 0.15) is 0 Å². The minimum absolute atomic E-state index is 0.478. The molecule has 2 heterocycles. The lowest BCUT2D eigenvalue weighted by Gasteiger charge is -2.33. The van der Waals surface area contributed by atoms with Gasteiger partial charge in [0, 0.05) is 13.1 Å². The number of aliphatic carboxylic acids is 1. The van der Waals surface area contributed by atoms with E-state index >= 15 is 0 Å². The van der Waals surface area contributed by atoms with Crippen LogP contribution in [0.15, 0.2) is 0 Å². The molecule has 0 aromatic carbocycles. The third-order valence-corrected chi connectivity index (χ3v) is 3.52. The van der Waals surface area contributed by atoms with Gasteiger partial charge in [-0.2, -0.15) is 13.2 Å². The molecule has 2 saturated heterocycles. The Balaban J connectivity index is 0.000000224. The van der Waals surface area contributed by atoms with E-state index in [1.807, 2.05) is 4.90 Å². The third-order valence-electron chi connectivity index (χ3n) is 3.52. The number of likely N-dealkylation sites (tertiary alicyclic amines) is 1. The first-order valence-corrected chi connectivity index (χ1v) is 5.99. The first kappa shape index (κ1) is 15.7. The molecule has 1 spiro atoms. The largest absolute Gasteiger partial charge is 0.490 e. The van der Waals surface area contributed by atoms with Crippen LogP contribution < -0.4 is 5.32 Å². The van der Waals surface area contributed by atoms with E-state index < -0.39 is 12.1 Å². The standard InChI is InChI=1S/C9H16N2O.C2HF3O2/c12-8-11-6-3-9(7-11)1-4-10-5-2-9;3-2(4,5)1(6)7/h8,10H,1-7H2;(H,6,7). The Kier molecular flexibility index (Phi) is 5.16. The first-order chi connectivity index (χ1) is 8.79. The van der Waals surface area contributed by atoms with E-state index in [1.165, 1.54) is 19.3 Å². The summed E-state index contributed by atoms with van der Waals surface area (Å²) in [6, 6.07) is 0. The predicted octanol–water partition coefficient (Wildman–Crippen LogP) is 0.852. The molecule has 0 aromatic rings. The number of hydrogen-bond acceptors (Lipinski definition) is 3. The van der Waals surface area contributed by atoms with Crippen LogP contribution in [0.2, 0.25) is 0 Å². The molecule has 2 fully saturated rings. The second-order valence-electron chi connectivity index (χ2n) is 4.88. The molecule has 19 heavy (non-hydrogen) atoms. The quantitative estimate of drug-likeness (QED) is 0.700. The van der Waals surface area contributed by atoms with E-state index in [-0.39, 0.29) is 0 Å². The molecule has 2 rings (SSSR count). The molecule has 0 radical (unpaired) electrons. The number of nitrogens with zero attached hydrogens (tertiary/aromatic N) is 1. The van der Waals surface area contributed by atoms with Crippen molar-refractivity contribution in [3.63, 3.8) is 0 Å². The fourth-order valence-electron chi connectivity index (χ4n) is 2.42. The molecule has 0 bridgehead atoms. The van der Waals surface area contributed by atoms with E-state index in [0.717, 1.165) is 32.6 Å². The van der Waals surface area contributed by atoms with Gasteiger partial charge < -0.3 is 15.3 Å². The Morgan fingerprint density at radius 1 is 1.26 bits per heavy atom. The van der Waals surface area contributed by atoms with Crippen LogP contribution in [0.5, 0.6) is 0 Å². The summed E-state index contributed by atoms with van der Waals surface area (Å²) in [7, 11) is 0. The number of carbonyl (C=O) groups excluding carboxylic acids is 1. The monoisotopic (exact) mass is 282 g/mol. The number of carboxylic acids is 1. The smallest absolute Gasteiger partial charge is 0.475 e. The van der Waals surface area contributed by atoms with Gasteiger partial charge >= 0.3 is 12.1 Å². The van der Waals surface area contributed by atoms with E-state index in [4.69, 9.17) is 9.90 Å². The molecule has 0 aromatic heterocycles. The molecule has 0 saturated carbocycles. The Morgan fingerprint density at radius 3 is 2.16 bits per heavy atom. The fraction of sp³-hybridized carbons (Fsp3) is 0.818. The van der Waals surface area contributed by atoms with Crippen molar-refractivity contribution in [3.8, 4) is 0 Å². The molecule has 2 aliphatic rings. The summed E-state index contributed by atoms with van der Waals surface area (Å²) in [6.45, 7) is 4.24. The minimum Gasteiger partial charge on any atom is -0.475 e. The molecule has 2 aliphatic heterocycles. The number of halogens is 3. The molecule has 2 N–H and O–H groups in total. The van der Waals surface area contributed by atoms with Gasteiger partial charge in [0.15, 0.2) is 0 Å². The van der Waals surface area contributed by atoms with Crippen LogP contribution in [0.4, 0.5) is 13.2 Å². The number of nitrogens with one attached hydrogen (secondary N) is 1. The van der Waals surface area contributed by atoms with Crippen molar-refractivity contribution in [2.24, 2.45) is 5.41 Å². The number of carbonyl (C=O) groups is 2. The second kappa shape index (κ2) is 6.23.